The highest BCUT2D eigenvalue weighted by Gasteiger charge is 2.61. The standard InChI is InChI=1S/C23H21N3O5/c1-3-20(27)25-17-8-6-5-7-15(17)23(22(25)29)12-16(24-26(23)21(28)4-2)14-9-10-18-19(11-14)31-13-30-18/h5-11H,3-4,12-13H2,1-2H3/t23-/m0/s1. The molecule has 1 spiro atoms. The van der Waals surface area contributed by atoms with Gasteiger partial charge in [0.1, 0.15) is 0 Å². The van der Waals surface area contributed by atoms with Crippen molar-refractivity contribution >= 4 is 29.1 Å². The number of imide groups is 1. The molecule has 2 aromatic carbocycles. The van der Waals surface area contributed by atoms with Crippen LogP contribution in [0.2, 0.25) is 0 Å². The molecule has 0 aromatic heterocycles. The average Bonchev–Trinajstić information content (AvgIpc) is 3.49. The van der Waals surface area contributed by atoms with Gasteiger partial charge in [0, 0.05) is 30.4 Å². The molecule has 2 aromatic rings. The van der Waals surface area contributed by atoms with Crippen molar-refractivity contribution in [2.45, 2.75) is 38.6 Å². The number of anilines is 1. The van der Waals surface area contributed by atoms with Crippen LogP contribution in [0.4, 0.5) is 5.69 Å². The number of ether oxygens (including phenoxy) is 2. The Balaban J connectivity index is 1.65. The van der Waals surface area contributed by atoms with E-state index in [9.17, 15) is 14.4 Å². The van der Waals surface area contributed by atoms with Gasteiger partial charge in [-0.15, -0.1) is 0 Å². The molecule has 3 heterocycles. The number of amides is 3. The van der Waals surface area contributed by atoms with E-state index >= 15 is 0 Å². The van der Waals surface area contributed by atoms with Crippen LogP contribution in [0.1, 0.15) is 44.2 Å². The smallest absolute Gasteiger partial charge is 0.266 e. The molecule has 8 nitrogen and oxygen atoms in total. The lowest BCUT2D eigenvalue weighted by molar-refractivity contribution is -0.145. The molecule has 31 heavy (non-hydrogen) atoms. The van der Waals surface area contributed by atoms with Gasteiger partial charge in [-0.1, -0.05) is 32.0 Å². The van der Waals surface area contributed by atoms with Crippen LogP contribution < -0.4 is 14.4 Å². The van der Waals surface area contributed by atoms with E-state index < -0.39 is 11.4 Å². The highest BCUT2D eigenvalue weighted by atomic mass is 16.7. The van der Waals surface area contributed by atoms with Gasteiger partial charge in [0.05, 0.1) is 11.4 Å². The Morgan fingerprint density at radius 2 is 1.77 bits per heavy atom. The van der Waals surface area contributed by atoms with E-state index in [0.717, 1.165) is 5.56 Å². The number of hydrogen-bond donors (Lipinski definition) is 0. The van der Waals surface area contributed by atoms with E-state index in [-0.39, 0.29) is 37.9 Å². The minimum atomic E-state index is -1.37. The van der Waals surface area contributed by atoms with Gasteiger partial charge >= 0.3 is 0 Å². The number of hydrazone groups is 1. The van der Waals surface area contributed by atoms with E-state index in [0.29, 0.717) is 28.5 Å². The fourth-order valence-corrected chi connectivity index (χ4v) is 4.42. The number of hydrogen-bond acceptors (Lipinski definition) is 6. The number of benzene rings is 2. The van der Waals surface area contributed by atoms with Crippen LogP contribution in [-0.4, -0.2) is 35.2 Å². The van der Waals surface area contributed by atoms with Gasteiger partial charge in [0.25, 0.3) is 5.91 Å². The first-order valence-corrected chi connectivity index (χ1v) is 10.3. The third kappa shape index (κ3) is 2.60. The fourth-order valence-electron chi connectivity index (χ4n) is 4.42. The zero-order chi connectivity index (χ0) is 21.8. The molecule has 0 N–H and O–H groups in total. The number of nitrogens with zero attached hydrogens (tertiary/aromatic N) is 3. The summed E-state index contributed by atoms with van der Waals surface area (Å²) in [5, 5.41) is 5.88. The summed E-state index contributed by atoms with van der Waals surface area (Å²) in [6.07, 6.45) is 0.520. The second kappa shape index (κ2) is 6.94. The van der Waals surface area contributed by atoms with Crippen molar-refractivity contribution in [3.05, 3.63) is 53.6 Å². The summed E-state index contributed by atoms with van der Waals surface area (Å²) < 4.78 is 10.9. The normalized spacial score (nSPS) is 21.0. The quantitative estimate of drug-likeness (QED) is 0.763. The third-order valence-electron chi connectivity index (χ3n) is 5.95. The number of para-hydroxylation sites is 1. The lowest BCUT2D eigenvalue weighted by Crippen LogP contribution is -2.52. The predicted octanol–water partition coefficient (Wildman–Crippen LogP) is 2.94. The Morgan fingerprint density at radius 1 is 1.03 bits per heavy atom. The summed E-state index contributed by atoms with van der Waals surface area (Å²) in [7, 11) is 0. The molecule has 1 atom stereocenters. The second-order valence-corrected chi connectivity index (χ2v) is 7.62. The molecule has 0 bridgehead atoms. The van der Waals surface area contributed by atoms with Crippen molar-refractivity contribution < 1.29 is 23.9 Å². The Kier molecular flexibility index (Phi) is 4.32. The Morgan fingerprint density at radius 3 is 2.55 bits per heavy atom. The lowest BCUT2D eigenvalue weighted by Gasteiger charge is -2.31. The van der Waals surface area contributed by atoms with Crippen LogP contribution in [0.15, 0.2) is 47.6 Å². The molecular formula is C23H21N3O5. The van der Waals surface area contributed by atoms with Crippen molar-refractivity contribution in [3.8, 4) is 11.5 Å². The molecule has 0 unspecified atom stereocenters. The molecule has 5 rings (SSSR count). The van der Waals surface area contributed by atoms with Crippen LogP contribution in [-0.2, 0) is 19.9 Å². The minimum Gasteiger partial charge on any atom is -0.454 e. The van der Waals surface area contributed by atoms with Gasteiger partial charge in [0.15, 0.2) is 17.0 Å². The maximum absolute atomic E-state index is 13.8. The van der Waals surface area contributed by atoms with Gasteiger partial charge in [-0.2, -0.15) is 5.10 Å². The average molecular weight is 419 g/mol. The highest BCUT2D eigenvalue weighted by Crippen LogP contribution is 2.50. The van der Waals surface area contributed by atoms with Crippen molar-refractivity contribution in [2.75, 3.05) is 11.7 Å². The van der Waals surface area contributed by atoms with Crippen molar-refractivity contribution in [2.24, 2.45) is 5.10 Å². The maximum atomic E-state index is 13.8. The fraction of sp³-hybridized carbons (Fsp3) is 0.304. The van der Waals surface area contributed by atoms with E-state index in [4.69, 9.17) is 9.47 Å². The van der Waals surface area contributed by atoms with Crippen molar-refractivity contribution in [1.29, 1.82) is 0 Å². The summed E-state index contributed by atoms with van der Waals surface area (Å²) in [6.45, 7) is 3.58. The van der Waals surface area contributed by atoms with Gasteiger partial charge in [0.2, 0.25) is 18.6 Å². The van der Waals surface area contributed by atoms with Crippen molar-refractivity contribution in [3.63, 3.8) is 0 Å². The molecule has 0 radical (unpaired) electrons. The molecule has 0 saturated heterocycles. The number of rotatable bonds is 3. The molecule has 0 aliphatic carbocycles. The lowest BCUT2D eigenvalue weighted by atomic mass is 9.84. The van der Waals surface area contributed by atoms with E-state index in [1.807, 2.05) is 6.07 Å². The maximum Gasteiger partial charge on any atom is 0.266 e. The summed E-state index contributed by atoms with van der Waals surface area (Å²) in [6, 6.07) is 12.5. The zero-order valence-corrected chi connectivity index (χ0v) is 17.3. The first kappa shape index (κ1) is 19.3. The molecule has 3 amide bonds. The molecule has 158 valence electrons. The molecule has 3 aliphatic heterocycles. The zero-order valence-electron chi connectivity index (χ0n) is 17.3. The Bertz CT molecular complexity index is 1160. The topological polar surface area (TPSA) is 88.5 Å². The molecule has 0 saturated carbocycles. The SMILES string of the molecule is CCC(=O)N1C(=O)[C@]2(CC(c3ccc4c(c3)OCO4)=NN2C(=O)CC)c2ccccc21. The second-order valence-electron chi connectivity index (χ2n) is 7.62. The van der Waals surface area contributed by atoms with Crippen LogP contribution in [0.5, 0.6) is 11.5 Å². The monoisotopic (exact) mass is 419 g/mol. The van der Waals surface area contributed by atoms with E-state index in [2.05, 4.69) is 5.10 Å². The molecule has 0 fully saturated rings. The van der Waals surface area contributed by atoms with Gasteiger partial charge in [-0.05, 0) is 24.3 Å². The minimum absolute atomic E-state index is 0.148. The molecular weight excluding hydrogens is 398 g/mol. The number of carbonyl (C=O) groups excluding carboxylic acids is 3. The van der Waals surface area contributed by atoms with Gasteiger partial charge < -0.3 is 9.47 Å². The van der Waals surface area contributed by atoms with Crippen molar-refractivity contribution in [1.82, 2.24) is 5.01 Å². The van der Waals surface area contributed by atoms with E-state index in [1.165, 1.54) is 9.91 Å². The summed E-state index contributed by atoms with van der Waals surface area (Å²) in [4.78, 5) is 40.6. The third-order valence-corrected chi connectivity index (χ3v) is 5.95. The van der Waals surface area contributed by atoms with Gasteiger partial charge in [-0.25, -0.2) is 9.91 Å². The highest BCUT2D eigenvalue weighted by molar-refractivity contribution is 6.25. The molecule has 3 aliphatic rings. The van der Waals surface area contributed by atoms with Crippen LogP contribution in [0.3, 0.4) is 0 Å². The van der Waals surface area contributed by atoms with Crippen LogP contribution in [0, 0.1) is 0 Å². The summed E-state index contributed by atoms with van der Waals surface area (Å²) in [5.41, 5.74) is 1.06. The first-order valence-electron chi connectivity index (χ1n) is 10.3. The summed E-state index contributed by atoms with van der Waals surface area (Å²) >= 11 is 0. The van der Waals surface area contributed by atoms with E-state index in [1.54, 1.807) is 50.2 Å². The number of carbonyl (C=O) groups is 3. The number of fused-ring (bicyclic) bond motifs is 3. The first-order chi connectivity index (χ1) is 15.0. The Labute approximate surface area is 179 Å². The largest absolute Gasteiger partial charge is 0.454 e. The van der Waals surface area contributed by atoms with Gasteiger partial charge in [-0.3, -0.25) is 14.4 Å². The van der Waals surface area contributed by atoms with Crippen LogP contribution in [0.25, 0.3) is 0 Å². The Hall–Kier alpha value is -3.68. The molecule has 8 heteroatoms. The van der Waals surface area contributed by atoms with Crippen LogP contribution >= 0.6 is 0 Å². The predicted molar refractivity (Wildman–Crippen MR) is 112 cm³/mol. The summed E-state index contributed by atoms with van der Waals surface area (Å²) in [5.74, 6) is 0.192.